The van der Waals surface area contributed by atoms with Crippen molar-refractivity contribution in [3.05, 3.63) is 83.1 Å². The zero-order chi connectivity index (χ0) is 23.9. The van der Waals surface area contributed by atoms with E-state index < -0.39 is 0 Å². The fourth-order valence-corrected chi connectivity index (χ4v) is 4.51. The highest BCUT2D eigenvalue weighted by Gasteiger charge is 2.24. The molecule has 0 aromatic heterocycles. The molecule has 0 saturated heterocycles. The van der Waals surface area contributed by atoms with Gasteiger partial charge in [-0.25, -0.2) is 4.39 Å². The third-order valence-electron chi connectivity index (χ3n) is 6.04. The topological polar surface area (TPSA) is 47.6 Å². The first-order chi connectivity index (χ1) is 16.5. The van der Waals surface area contributed by atoms with Gasteiger partial charge in [-0.3, -0.25) is 4.79 Å². The van der Waals surface area contributed by atoms with E-state index in [0.717, 1.165) is 53.9 Å². The molecule has 6 heteroatoms. The van der Waals surface area contributed by atoms with Gasteiger partial charge in [0, 0.05) is 13.5 Å². The molecule has 1 saturated carbocycles. The molecule has 1 fully saturated rings. The quantitative estimate of drug-likeness (QED) is 0.394. The van der Waals surface area contributed by atoms with Crippen LogP contribution in [0, 0.1) is 5.82 Å². The van der Waals surface area contributed by atoms with Gasteiger partial charge in [0.1, 0.15) is 17.3 Å². The van der Waals surface area contributed by atoms with E-state index in [-0.39, 0.29) is 23.9 Å². The lowest BCUT2D eigenvalue weighted by molar-refractivity contribution is -0.118. The van der Waals surface area contributed by atoms with Crippen molar-refractivity contribution in [2.45, 2.75) is 51.2 Å². The number of amides is 1. The molecule has 1 aliphatic rings. The van der Waals surface area contributed by atoms with Gasteiger partial charge in [0.25, 0.3) is 0 Å². The van der Waals surface area contributed by atoms with E-state index in [1.54, 1.807) is 6.07 Å². The summed E-state index contributed by atoms with van der Waals surface area (Å²) in [5, 5.41) is 3.45. The highest BCUT2D eigenvalue weighted by molar-refractivity contribution is 6.32. The number of carbonyl (C=O) groups excluding carboxylic acids is 1. The highest BCUT2D eigenvalue weighted by atomic mass is 35.5. The van der Waals surface area contributed by atoms with Crippen LogP contribution in [0.2, 0.25) is 5.02 Å². The van der Waals surface area contributed by atoms with Crippen LogP contribution in [0.25, 0.3) is 11.1 Å². The van der Waals surface area contributed by atoms with Crippen LogP contribution >= 0.6 is 11.6 Å². The maximum Gasteiger partial charge on any atom is 0.216 e. The molecule has 3 aromatic rings. The van der Waals surface area contributed by atoms with Crippen LogP contribution in [-0.2, 0) is 11.2 Å². The third-order valence-corrected chi connectivity index (χ3v) is 6.35. The van der Waals surface area contributed by atoms with Gasteiger partial charge in [-0.2, -0.15) is 0 Å². The second-order valence-corrected chi connectivity index (χ2v) is 9.03. The average molecular weight is 482 g/mol. The Morgan fingerprint density at radius 2 is 1.71 bits per heavy atom. The third kappa shape index (κ3) is 6.51. The Hall–Kier alpha value is -3.05. The van der Waals surface area contributed by atoms with E-state index in [2.05, 4.69) is 5.32 Å². The lowest BCUT2D eigenvalue weighted by Crippen LogP contribution is -2.30. The summed E-state index contributed by atoms with van der Waals surface area (Å²) in [4.78, 5) is 11.3. The summed E-state index contributed by atoms with van der Waals surface area (Å²) in [6, 6.07) is 20.0. The van der Waals surface area contributed by atoms with Crippen LogP contribution < -0.4 is 14.8 Å². The minimum Gasteiger partial charge on any atom is -0.490 e. The van der Waals surface area contributed by atoms with Crippen LogP contribution in [0.3, 0.4) is 0 Å². The predicted octanol–water partition coefficient (Wildman–Crippen LogP) is 6.59. The van der Waals surface area contributed by atoms with Crippen LogP contribution in [0.15, 0.2) is 66.7 Å². The van der Waals surface area contributed by atoms with E-state index in [0.29, 0.717) is 18.0 Å². The van der Waals surface area contributed by atoms with E-state index in [4.69, 9.17) is 21.1 Å². The van der Waals surface area contributed by atoms with Crippen molar-refractivity contribution in [3.8, 4) is 22.6 Å². The monoisotopic (exact) mass is 481 g/mol. The van der Waals surface area contributed by atoms with Crippen LogP contribution in [0.4, 0.5) is 4.39 Å². The van der Waals surface area contributed by atoms with Gasteiger partial charge in [0.2, 0.25) is 5.91 Å². The van der Waals surface area contributed by atoms with Crippen molar-refractivity contribution in [1.29, 1.82) is 0 Å². The Labute approximate surface area is 205 Å². The van der Waals surface area contributed by atoms with Crippen molar-refractivity contribution in [2.24, 2.45) is 0 Å². The number of halogens is 2. The first-order valence-corrected chi connectivity index (χ1v) is 12.1. The SMILES string of the molecule is CC(=O)NCCc1ccc(OC2CCC(Oc3ccccc3Cl)CC2)cc1-c1cccc(F)c1. The molecule has 0 aliphatic heterocycles. The average Bonchev–Trinajstić information content (AvgIpc) is 2.82. The molecular weight excluding hydrogens is 453 g/mol. The molecule has 178 valence electrons. The largest absolute Gasteiger partial charge is 0.490 e. The molecule has 1 aliphatic carbocycles. The van der Waals surface area contributed by atoms with Crippen molar-refractivity contribution in [3.63, 3.8) is 0 Å². The minimum absolute atomic E-state index is 0.0682. The van der Waals surface area contributed by atoms with E-state index in [1.165, 1.54) is 19.1 Å². The fraction of sp³-hybridized carbons (Fsp3) is 0.321. The van der Waals surface area contributed by atoms with Crippen LogP contribution in [0.1, 0.15) is 38.2 Å². The molecule has 0 heterocycles. The zero-order valence-corrected chi connectivity index (χ0v) is 20.0. The summed E-state index contributed by atoms with van der Waals surface area (Å²) >= 11 is 6.22. The second kappa shape index (κ2) is 11.4. The molecule has 0 atom stereocenters. The molecule has 0 bridgehead atoms. The molecule has 0 spiro atoms. The Balaban J connectivity index is 1.42. The molecule has 1 N–H and O–H groups in total. The van der Waals surface area contributed by atoms with Crippen LogP contribution in [-0.4, -0.2) is 24.7 Å². The molecule has 3 aromatic carbocycles. The normalized spacial score (nSPS) is 17.7. The van der Waals surface area contributed by atoms with Gasteiger partial charge in [-0.15, -0.1) is 0 Å². The summed E-state index contributed by atoms with van der Waals surface area (Å²) < 4.78 is 26.3. The van der Waals surface area contributed by atoms with Gasteiger partial charge in [-0.05, 0) is 85.2 Å². The maximum atomic E-state index is 13.9. The summed E-state index contributed by atoms with van der Waals surface area (Å²) in [6.45, 7) is 2.02. The van der Waals surface area contributed by atoms with Crippen molar-refractivity contribution >= 4 is 17.5 Å². The Morgan fingerprint density at radius 1 is 0.971 bits per heavy atom. The molecule has 0 unspecified atom stereocenters. The lowest BCUT2D eigenvalue weighted by atomic mass is 9.94. The number of hydrogen-bond acceptors (Lipinski definition) is 3. The van der Waals surface area contributed by atoms with Gasteiger partial charge in [0.05, 0.1) is 17.2 Å². The Kier molecular flexibility index (Phi) is 8.07. The standard InChI is InChI=1S/C28H29ClFNO3/c1-19(32)31-16-15-20-9-10-25(18-26(20)21-5-4-6-22(30)17-21)33-23-11-13-24(14-12-23)34-28-8-3-2-7-27(28)29/h2-10,17-18,23-24H,11-16H2,1H3,(H,31,32). The Bertz CT molecular complexity index is 1130. The van der Waals surface area contributed by atoms with Crippen molar-refractivity contribution in [2.75, 3.05) is 6.54 Å². The molecule has 4 nitrogen and oxygen atoms in total. The number of ether oxygens (including phenoxy) is 2. The summed E-state index contributed by atoms with van der Waals surface area (Å²) in [5.74, 6) is 1.14. The zero-order valence-electron chi connectivity index (χ0n) is 19.2. The van der Waals surface area contributed by atoms with Gasteiger partial charge >= 0.3 is 0 Å². The number of para-hydroxylation sites is 1. The summed E-state index contributed by atoms with van der Waals surface area (Å²) in [6.07, 6.45) is 4.41. The molecule has 0 radical (unpaired) electrons. The van der Waals surface area contributed by atoms with E-state index >= 15 is 0 Å². The molecule has 4 rings (SSSR count). The van der Waals surface area contributed by atoms with Crippen LogP contribution in [0.5, 0.6) is 11.5 Å². The summed E-state index contributed by atoms with van der Waals surface area (Å²) in [5.41, 5.74) is 2.74. The molecule has 1 amide bonds. The molecular formula is C28H29ClFNO3. The first-order valence-electron chi connectivity index (χ1n) is 11.7. The lowest BCUT2D eigenvalue weighted by Gasteiger charge is -2.30. The number of rotatable bonds is 8. The molecule has 34 heavy (non-hydrogen) atoms. The van der Waals surface area contributed by atoms with Crippen molar-refractivity contribution in [1.82, 2.24) is 5.32 Å². The van der Waals surface area contributed by atoms with E-state index in [1.807, 2.05) is 48.5 Å². The number of benzene rings is 3. The predicted molar refractivity (Wildman–Crippen MR) is 133 cm³/mol. The van der Waals surface area contributed by atoms with Gasteiger partial charge < -0.3 is 14.8 Å². The van der Waals surface area contributed by atoms with Crippen molar-refractivity contribution < 1.29 is 18.7 Å². The highest BCUT2D eigenvalue weighted by Crippen LogP contribution is 2.33. The van der Waals surface area contributed by atoms with E-state index in [9.17, 15) is 9.18 Å². The number of carbonyl (C=O) groups is 1. The fourth-order valence-electron chi connectivity index (χ4n) is 4.33. The summed E-state index contributed by atoms with van der Waals surface area (Å²) in [7, 11) is 0. The number of hydrogen-bond donors (Lipinski definition) is 1. The maximum absolute atomic E-state index is 13.9. The van der Waals surface area contributed by atoms with Gasteiger partial charge in [-0.1, -0.05) is 41.9 Å². The number of nitrogens with one attached hydrogen (secondary N) is 1. The van der Waals surface area contributed by atoms with Gasteiger partial charge in [0.15, 0.2) is 0 Å². The first kappa shape index (κ1) is 24.1. The second-order valence-electron chi connectivity index (χ2n) is 8.63. The minimum atomic E-state index is -0.284. The smallest absolute Gasteiger partial charge is 0.216 e. The Morgan fingerprint density at radius 3 is 2.41 bits per heavy atom.